The van der Waals surface area contributed by atoms with Gasteiger partial charge in [0, 0.05) is 37.3 Å². The number of carbonyl (C=O) groups excluding carboxylic acids is 1. The van der Waals surface area contributed by atoms with E-state index in [-0.39, 0.29) is 19.0 Å². The van der Waals surface area contributed by atoms with E-state index in [0.29, 0.717) is 39.6 Å². The van der Waals surface area contributed by atoms with E-state index in [9.17, 15) is 18.5 Å². The number of carbonyl (C=O) groups is 1. The molecular weight excluding hydrogens is 418 g/mol. The number of benzene rings is 2. The predicted molar refractivity (Wildman–Crippen MR) is 116 cm³/mol. The van der Waals surface area contributed by atoms with Crippen LogP contribution in [0.3, 0.4) is 0 Å². The van der Waals surface area contributed by atoms with Crippen LogP contribution in [0.2, 0.25) is 0 Å². The maximum Gasteiger partial charge on any atom is 0.254 e. The number of piperazine rings is 1. The fraction of sp³-hybridized carbons (Fsp3) is 0.182. The van der Waals surface area contributed by atoms with E-state index in [2.05, 4.69) is 6.07 Å². The number of hydrogen-bond donors (Lipinski definition) is 0. The minimum Gasteiger partial charge on any atom is -0.336 e. The van der Waals surface area contributed by atoms with E-state index in [1.165, 1.54) is 15.6 Å². The Morgan fingerprint density at radius 3 is 2.23 bits per heavy atom. The SMILES string of the molecule is N#Cc1ccccc1-c1ccccc1C(=O)N1CCN(S(=O)(=O)c2cccs2)CC1. The molecule has 1 aromatic heterocycles. The Labute approximate surface area is 179 Å². The van der Waals surface area contributed by atoms with E-state index in [1.807, 2.05) is 24.3 Å². The fourth-order valence-electron chi connectivity index (χ4n) is 3.56. The molecule has 1 saturated heterocycles. The first-order valence-corrected chi connectivity index (χ1v) is 11.8. The zero-order chi connectivity index (χ0) is 21.1. The van der Waals surface area contributed by atoms with Gasteiger partial charge in [-0.15, -0.1) is 11.3 Å². The third-order valence-corrected chi connectivity index (χ3v) is 8.38. The fourth-order valence-corrected chi connectivity index (χ4v) is 6.13. The van der Waals surface area contributed by atoms with Gasteiger partial charge in [-0.2, -0.15) is 9.57 Å². The first-order valence-electron chi connectivity index (χ1n) is 9.44. The van der Waals surface area contributed by atoms with Crippen LogP contribution < -0.4 is 0 Å². The molecule has 2 heterocycles. The largest absolute Gasteiger partial charge is 0.336 e. The molecule has 1 fully saturated rings. The molecule has 152 valence electrons. The number of sulfonamides is 1. The summed E-state index contributed by atoms with van der Waals surface area (Å²) in [6, 6.07) is 19.9. The average molecular weight is 438 g/mol. The molecule has 4 rings (SSSR count). The lowest BCUT2D eigenvalue weighted by molar-refractivity contribution is 0.0699. The molecule has 0 unspecified atom stereocenters. The molecular formula is C22H19N3O3S2. The van der Waals surface area contributed by atoms with Gasteiger partial charge >= 0.3 is 0 Å². The topological polar surface area (TPSA) is 81.5 Å². The second kappa shape index (κ2) is 8.40. The van der Waals surface area contributed by atoms with Crippen LogP contribution in [0.1, 0.15) is 15.9 Å². The van der Waals surface area contributed by atoms with Gasteiger partial charge in [-0.3, -0.25) is 4.79 Å². The molecule has 0 bridgehead atoms. The zero-order valence-corrected chi connectivity index (χ0v) is 17.7. The summed E-state index contributed by atoms with van der Waals surface area (Å²) < 4.78 is 27.2. The summed E-state index contributed by atoms with van der Waals surface area (Å²) in [7, 11) is -3.51. The van der Waals surface area contributed by atoms with E-state index in [1.54, 1.807) is 46.7 Å². The predicted octanol–water partition coefficient (Wildman–Crippen LogP) is 3.43. The van der Waals surface area contributed by atoms with E-state index in [0.717, 1.165) is 0 Å². The molecule has 1 amide bonds. The maximum atomic E-state index is 13.3. The van der Waals surface area contributed by atoms with Gasteiger partial charge in [-0.05, 0) is 29.1 Å². The minimum atomic E-state index is -3.51. The molecule has 0 atom stereocenters. The molecule has 1 aliphatic rings. The van der Waals surface area contributed by atoms with Crippen LogP contribution in [0.25, 0.3) is 11.1 Å². The van der Waals surface area contributed by atoms with Crippen LogP contribution in [0.4, 0.5) is 0 Å². The third-order valence-electron chi connectivity index (χ3n) is 5.11. The molecule has 30 heavy (non-hydrogen) atoms. The second-order valence-electron chi connectivity index (χ2n) is 6.83. The molecule has 8 heteroatoms. The molecule has 0 spiro atoms. The van der Waals surface area contributed by atoms with E-state index < -0.39 is 10.0 Å². The van der Waals surface area contributed by atoms with Crippen molar-refractivity contribution in [3.63, 3.8) is 0 Å². The third kappa shape index (κ3) is 3.75. The van der Waals surface area contributed by atoms with Gasteiger partial charge in [0.1, 0.15) is 4.21 Å². The molecule has 3 aromatic rings. The standard InChI is InChI=1S/C22H19N3O3S2/c23-16-17-6-1-2-7-18(17)19-8-3-4-9-20(19)22(26)24-11-13-25(14-12-24)30(27,28)21-10-5-15-29-21/h1-10,15H,11-14H2. The summed E-state index contributed by atoms with van der Waals surface area (Å²) in [6.07, 6.45) is 0. The number of amides is 1. The number of rotatable bonds is 4. The van der Waals surface area contributed by atoms with Gasteiger partial charge in [0.2, 0.25) is 0 Å². The van der Waals surface area contributed by atoms with Crippen molar-refractivity contribution in [3.8, 4) is 17.2 Å². The number of hydrogen-bond acceptors (Lipinski definition) is 5. The van der Waals surface area contributed by atoms with Crippen LogP contribution in [0.15, 0.2) is 70.3 Å². The van der Waals surface area contributed by atoms with Crippen molar-refractivity contribution in [1.82, 2.24) is 9.21 Å². The summed E-state index contributed by atoms with van der Waals surface area (Å²) in [5, 5.41) is 11.2. The molecule has 0 radical (unpaired) electrons. The van der Waals surface area contributed by atoms with Crippen LogP contribution in [0, 0.1) is 11.3 Å². The summed E-state index contributed by atoms with van der Waals surface area (Å²) >= 11 is 1.19. The van der Waals surface area contributed by atoms with Crippen molar-refractivity contribution >= 4 is 27.3 Å². The highest BCUT2D eigenvalue weighted by Gasteiger charge is 2.31. The lowest BCUT2D eigenvalue weighted by Crippen LogP contribution is -2.50. The number of thiophene rings is 1. The molecule has 2 aromatic carbocycles. The highest BCUT2D eigenvalue weighted by atomic mass is 32.2. The first kappa shape index (κ1) is 20.3. The van der Waals surface area contributed by atoms with Gasteiger partial charge in [0.25, 0.3) is 15.9 Å². The summed E-state index contributed by atoms with van der Waals surface area (Å²) in [6.45, 7) is 1.14. The van der Waals surface area contributed by atoms with Crippen molar-refractivity contribution in [3.05, 3.63) is 77.2 Å². The molecule has 1 aliphatic heterocycles. The minimum absolute atomic E-state index is 0.161. The van der Waals surface area contributed by atoms with E-state index in [4.69, 9.17) is 0 Å². The summed E-state index contributed by atoms with van der Waals surface area (Å²) in [5.74, 6) is -0.161. The van der Waals surface area contributed by atoms with Crippen molar-refractivity contribution in [2.24, 2.45) is 0 Å². The van der Waals surface area contributed by atoms with Crippen molar-refractivity contribution in [2.45, 2.75) is 4.21 Å². The van der Waals surface area contributed by atoms with Gasteiger partial charge < -0.3 is 4.90 Å². The quantitative estimate of drug-likeness (QED) is 0.626. The highest BCUT2D eigenvalue weighted by Crippen LogP contribution is 2.28. The number of nitrogens with zero attached hydrogens (tertiary/aromatic N) is 3. The molecule has 0 N–H and O–H groups in total. The Bertz CT molecular complexity index is 1210. The smallest absolute Gasteiger partial charge is 0.254 e. The van der Waals surface area contributed by atoms with Crippen molar-refractivity contribution < 1.29 is 13.2 Å². The monoisotopic (exact) mass is 437 g/mol. The van der Waals surface area contributed by atoms with Crippen molar-refractivity contribution in [1.29, 1.82) is 5.26 Å². The summed E-state index contributed by atoms with van der Waals surface area (Å²) in [5.41, 5.74) is 2.43. The van der Waals surface area contributed by atoms with Crippen LogP contribution >= 0.6 is 11.3 Å². The van der Waals surface area contributed by atoms with Crippen molar-refractivity contribution in [2.75, 3.05) is 26.2 Å². The van der Waals surface area contributed by atoms with Gasteiger partial charge in [-0.1, -0.05) is 42.5 Å². The highest BCUT2D eigenvalue weighted by molar-refractivity contribution is 7.91. The Morgan fingerprint density at radius 1 is 0.900 bits per heavy atom. The van der Waals surface area contributed by atoms with Crippen LogP contribution in [-0.2, 0) is 10.0 Å². The Morgan fingerprint density at radius 2 is 1.57 bits per heavy atom. The molecule has 0 saturated carbocycles. The Hall–Kier alpha value is -2.99. The summed E-state index contributed by atoms with van der Waals surface area (Å²) in [4.78, 5) is 14.9. The van der Waals surface area contributed by atoms with Crippen LogP contribution in [0.5, 0.6) is 0 Å². The van der Waals surface area contributed by atoms with Crippen LogP contribution in [-0.4, -0.2) is 49.7 Å². The lowest BCUT2D eigenvalue weighted by atomic mass is 9.95. The molecule has 0 aliphatic carbocycles. The van der Waals surface area contributed by atoms with E-state index >= 15 is 0 Å². The average Bonchev–Trinajstić information content (AvgIpc) is 3.35. The Balaban J connectivity index is 1.56. The van der Waals surface area contributed by atoms with Gasteiger partial charge in [0.05, 0.1) is 11.6 Å². The lowest BCUT2D eigenvalue weighted by Gasteiger charge is -2.34. The normalized spacial score (nSPS) is 15.0. The molecule has 6 nitrogen and oxygen atoms in total. The number of nitriles is 1. The second-order valence-corrected chi connectivity index (χ2v) is 9.94. The van der Waals surface area contributed by atoms with Gasteiger partial charge in [-0.25, -0.2) is 8.42 Å². The zero-order valence-electron chi connectivity index (χ0n) is 16.1. The maximum absolute atomic E-state index is 13.3. The first-order chi connectivity index (χ1) is 14.5. The Kier molecular flexibility index (Phi) is 5.68. The van der Waals surface area contributed by atoms with Gasteiger partial charge in [0.15, 0.2) is 0 Å².